The van der Waals surface area contributed by atoms with Crippen molar-refractivity contribution >= 4 is 23.4 Å². The fourth-order valence-electron chi connectivity index (χ4n) is 3.21. The molecule has 0 bridgehead atoms. The quantitative estimate of drug-likeness (QED) is 0.773. The molecule has 2 heterocycles. The molecule has 0 radical (unpaired) electrons. The number of carbonyl (C=O) groups excluding carboxylic acids is 1. The lowest BCUT2D eigenvalue weighted by Crippen LogP contribution is -2.32. The molecule has 1 fully saturated rings. The van der Waals surface area contributed by atoms with E-state index in [9.17, 15) is 9.59 Å². The summed E-state index contributed by atoms with van der Waals surface area (Å²) in [4.78, 5) is 26.9. The van der Waals surface area contributed by atoms with Crippen LogP contribution in [0.5, 0.6) is 0 Å². The van der Waals surface area contributed by atoms with Crippen LogP contribution < -0.4 is 10.9 Å². The number of unbranched alkanes of at least 4 members (excludes halogenated alkanes) is 1. The SMILES string of the molecule is CCCCn1nc(C(=O)Nc2ccc(CN3CCSCC3)cc2C)ccc1=O. The van der Waals surface area contributed by atoms with E-state index >= 15 is 0 Å². The van der Waals surface area contributed by atoms with E-state index in [-0.39, 0.29) is 17.2 Å². The maximum atomic E-state index is 12.6. The van der Waals surface area contributed by atoms with Gasteiger partial charge in [0.15, 0.2) is 0 Å². The number of nitrogens with zero attached hydrogens (tertiary/aromatic N) is 3. The summed E-state index contributed by atoms with van der Waals surface area (Å²) in [5, 5.41) is 7.14. The third-order valence-corrected chi connectivity index (χ3v) is 5.81. The number of anilines is 1. The first-order chi connectivity index (χ1) is 13.6. The van der Waals surface area contributed by atoms with Gasteiger partial charge < -0.3 is 5.32 Å². The minimum Gasteiger partial charge on any atom is -0.320 e. The van der Waals surface area contributed by atoms with Gasteiger partial charge in [-0.1, -0.05) is 25.5 Å². The molecule has 3 rings (SSSR count). The maximum Gasteiger partial charge on any atom is 0.276 e. The van der Waals surface area contributed by atoms with Gasteiger partial charge in [0.2, 0.25) is 0 Å². The van der Waals surface area contributed by atoms with Crippen LogP contribution in [-0.2, 0) is 13.1 Å². The van der Waals surface area contributed by atoms with E-state index in [0.717, 1.165) is 43.7 Å². The molecule has 1 aliphatic heterocycles. The Morgan fingerprint density at radius 3 is 2.71 bits per heavy atom. The molecule has 28 heavy (non-hydrogen) atoms. The number of aryl methyl sites for hydroxylation is 2. The number of carbonyl (C=O) groups is 1. The van der Waals surface area contributed by atoms with E-state index in [4.69, 9.17) is 0 Å². The Labute approximate surface area is 170 Å². The third-order valence-electron chi connectivity index (χ3n) is 4.87. The molecule has 0 saturated carbocycles. The molecule has 1 amide bonds. The molecular formula is C21H28N4O2S. The number of nitrogens with one attached hydrogen (secondary N) is 1. The van der Waals surface area contributed by atoms with Gasteiger partial charge in [-0.15, -0.1) is 0 Å². The highest BCUT2D eigenvalue weighted by Crippen LogP contribution is 2.19. The molecule has 1 N–H and O–H groups in total. The van der Waals surface area contributed by atoms with Crippen molar-refractivity contribution in [3.8, 4) is 0 Å². The van der Waals surface area contributed by atoms with Gasteiger partial charge in [-0.3, -0.25) is 14.5 Å². The zero-order valence-electron chi connectivity index (χ0n) is 16.6. The maximum absolute atomic E-state index is 12.6. The van der Waals surface area contributed by atoms with Crippen molar-refractivity contribution in [1.82, 2.24) is 14.7 Å². The first-order valence-electron chi connectivity index (χ1n) is 9.86. The van der Waals surface area contributed by atoms with Crippen LogP contribution in [0.4, 0.5) is 5.69 Å². The molecule has 0 spiro atoms. The van der Waals surface area contributed by atoms with Gasteiger partial charge in [-0.05, 0) is 36.6 Å². The standard InChI is InChI=1S/C21H28N4O2S/c1-3-4-9-25-20(26)8-7-19(23-25)21(27)22-18-6-5-17(14-16(18)2)15-24-10-12-28-13-11-24/h5-8,14H,3-4,9-13,15H2,1-2H3,(H,22,27). The summed E-state index contributed by atoms with van der Waals surface area (Å²) >= 11 is 2.01. The molecule has 1 aliphatic rings. The van der Waals surface area contributed by atoms with Gasteiger partial charge in [0.1, 0.15) is 5.69 Å². The molecule has 7 heteroatoms. The van der Waals surface area contributed by atoms with E-state index in [1.165, 1.54) is 33.9 Å². The summed E-state index contributed by atoms with van der Waals surface area (Å²) in [6.07, 6.45) is 1.82. The van der Waals surface area contributed by atoms with Gasteiger partial charge in [0, 0.05) is 49.4 Å². The highest BCUT2D eigenvalue weighted by Gasteiger charge is 2.13. The van der Waals surface area contributed by atoms with Crippen LogP contribution in [-0.4, -0.2) is 45.2 Å². The zero-order valence-corrected chi connectivity index (χ0v) is 17.4. The summed E-state index contributed by atoms with van der Waals surface area (Å²) in [5.74, 6) is 2.09. The molecule has 2 aromatic rings. The summed E-state index contributed by atoms with van der Waals surface area (Å²) in [6, 6.07) is 9.05. The molecular weight excluding hydrogens is 372 g/mol. The van der Waals surface area contributed by atoms with Crippen LogP contribution in [0.2, 0.25) is 0 Å². The molecule has 6 nitrogen and oxygen atoms in total. The van der Waals surface area contributed by atoms with E-state index in [0.29, 0.717) is 6.54 Å². The summed E-state index contributed by atoms with van der Waals surface area (Å²) in [6.45, 7) is 7.78. The lowest BCUT2D eigenvalue weighted by Gasteiger charge is -2.26. The third kappa shape index (κ3) is 5.45. The van der Waals surface area contributed by atoms with E-state index in [1.807, 2.05) is 24.8 Å². The summed E-state index contributed by atoms with van der Waals surface area (Å²) in [5.41, 5.74) is 3.13. The molecule has 1 saturated heterocycles. The van der Waals surface area contributed by atoms with Crippen molar-refractivity contribution in [2.75, 3.05) is 29.9 Å². The molecule has 150 valence electrons. The number of benzene rings is 1. The Morgan fingerprint density at radius 2 is 2.00 bits per heavy atom. The van der Waals surface area contributed by atoms with Gasteiger partial charge in [-0.25, -0.2) is 4.68 Å². The Hall–Kier alpha value is -2.12. The number of thioether (sulfide) groups is 1. The highest BCUT2D eigenvalue weighted by molar-refractivity contribution is 7.99. The van der Waals surface area contributed by atoms with Crippen LogP contribution in [0.25, 0.3) is 0 Å². The predicted molar refractivity (Wildman–Crippen MR) is 115 cm³/mol. The average molecular weight is 401 g/mol. The monoisotopic (exact) mass is 400 g/mol. The number of rotatable bonds is 7. The summed E-state index contributed by atoms with van der Waals surface area (Å²) < 4.78 is 1.37. The second-order valence-electron chi connectivity index (χ2n) is 7.13. The Balaban J connectivity index is 1.67. The zero-order chi connectivity index (χ0) is 19.9. The average Bonchev–Trinajstić information content (AvgIpc) is 2.70. The molecule has 1 aromatic carbocycles. The van der Waals surface area contributed by atoms with Crippen LogP contribution in [0.1, 0.15) is 41.4 Å². The fraction of sp³-hybridized carbons (Fsp3) is 0.476. The van der Waals surface area contributed by atoms with E-state index in [1.54, 1.807) is 0 Å². The highest BCUT2D eigenvalue weighted by atomic mass is 32.2. The van der Waals surface area contributed by atoms with Crippen LogP contribution in [0, 0.1) is 6.92 Å². The van der Waals surface area contributed by atoms with E-state index in [2.05, 4.69) is 34.4 Å². The van der Waals surface area contributed by atoms with Crippen molar-refractivity contribution in [3.63, 3.8) is 0 Å². The number of amides is 1. The smallest absolute Gasteiger partial charge is 0.276 e. The molecule has 0 unspecified atom stereocenters. The first kappa shape index (κ1) is 20.6. The van der Waals surface area contributed by atoms with Crippen LogP contribution in [0.3, 0.4) is 0 Å². The Bertz CT molecular complexity index is 875. The van der Waals surface area contributed by atoms with Crippen molar-refractivity contribution in [2.24, 2.45) is 0 Å². The Kier molecular flexibility index (Phi) is 7.28. The largest absolute Gasteiger partial charge is 0.320 e. The van der Waals surface area contributed by atoms with Gasteiger partial charge in [-0.2, -0.15) is 16.9 Å². The van der Waals surface area contributed by atoms with Gasteiger partial charge >= 0.3 is 0 Å². The van der Waals surface area contributed by atoms with Crippen LogP contribution in [0.15, 0.2) is 35.1 Å². The fourth-order valence-corrected chi connectivity index (χ4v) is 4.19. The number of aromatic nitrogens is 2. The van der Waals surface area contributed by atoms with Gasteiger partial charge in [0.05, 0.1) is 0 Å². The minimum absolute atomic E-state index is 0.179. The Morgan fingerprint density at radius 1 is 1.21 bits per heavy atom. The number of hydrogen-bond acceptors (Lipinski definition) is 5. The summed E-state index contributed by atoms with van der Waals surface area (Å²) in [7, 11) is 0. The van der Waals surface area contributed by atoms with Crippen molar-refractivity contribution in [3.05, 3.63) is 57.5 Å². The predicted octanol–water partition coefficient (Wildman–Crippen LogP) is 3.15. The molecule has 0 atom stereocenters. The second-order valence-corrected chi connectivity index (χ2v) is 8.35. The normalized spacial score (nSPS) is 14.8. The van der Waals surface area contributed by atoms with Crippen molar-refractivity contribution in [1.29, 1.82) is 0 Å². The van der Waals surface area contributed by atoms with Crippen molar-refractivity contribution < 1.29 is 4.79 Å². The van der Waals surface area contributed by atoms with Crippen LogP contribution >= 0.6 is 11.8 Å². The lowest BCUT2D eigenvalue weighted by molar-refractivity contribution is 0.101. The molecule has 1 aromatic heterocycles. The topological polar surface area (TPSA) is 67.2 Å². The van der Waals surface area contributed by atoms with E-state index < -0.39 is 0 Å². The second kappa shape index (κ2) is 9.89. The molecule has 0 aliphatic carbocycles. The van der Waals surface area contributed by atoms with Gasteiger partial charge in [0.25, 0.3) is 11.5 Å². The lowest BCUT2D eigenvalue weighted by atomic mass is 10.1. The first-order valence-corrected chi connectivity index (χ1v) is 11.0. The number of hydrogen-bond donors (Lipinski definition) is 1. The minimum atomic E-state index is -0.297. The van der Waals surface area contributed by atoms with Crippen molar-refractivity contribution in [2.45, 2.75) is 39.8 Å².